The number of ether oxygens (including phenoxy) is 1. The lowest BCUT2D eigenvalue weighted by Gasteiger charge is -2.21. The number of carbonyl (C=O) groups is 1. The number of nitrogens with two attached hydrogens (primary N) is 1. The molecule has 0 fully saturated rings. The highest BCUT2D eigenvalue weighted by Gasteiger charge is 2.34. The maximum Gasteiger partial charge on any atom is 0.341 e. The highest BCUT2D eigenvalue weighted by atomic mass is 35.5. The van der Waals surface area contributed by atoms with E-state index in [0.29, 0.717) is 0 Å². The number of aliphatic carboxylic acids is 1. The highest BCUT2D eigenvalue weighted by molar-refractivity contribution is 7.92. The molecule has 3 N–H and O–H groups in total. The van der Waals surface area contributed by atoms with Crippen LogP contribution in [0.5, 0.6) is 5.75 Å². The number of hydrogen-bond donors (Lipinski definition) is 2. The molecule has 0 amide bonds. The number of hydrogen-bond acceptors (Lipinski definition) is 7. The first-order valence-corrected chi connectivity index (χ1v) is 10.4. The van der Waals surface area contributed by atoms with E-state index in [0.717, 1.165) is 0 Å². The summed E-state index contributed by atoms with van der Waals surface area (Å²) in [6.07, 6.45) is 2.51. The maximum absolute atomic E-state index is 14.4. The van der Waals surface area contributed by atoms with Crippen LogP contribution in [0, 0.1) is 5.95 Å². The molecule has 0 aliphatic rings. The number of imidazole rings is 1. The third-order valence-electron chi connectivity index (χ3n) is 4.25. The van der Waals surface area contributed by atoms with E-state index in [2.05, 4.69) is 9.97 Å². The molecule has 160 valence electrons. The van der Waals surface area contributed by atoms with Crippen LogP contribution in [-0.4, -0.2) is 45.2 Å². The summed E-state index contributed by atoms with van der Waals surface area (Å²) in [6, 6.07) is 2.53. The summed E-state index contributed by atoms with van der Waals surface area (Å²) in [5, 5.41) is 8.93. The fourth-order valence-corrected chi connectivity index (χ4v) is 4.07. The fraction of sp³-hybridized carbons (Fsp3) is 0.278. The van der Waals surface area contributed by atoms with Crippen molar-refractivity contribution in [2.75, 3.05) is 12.3 Å². The van der Waals surface area contributed by atoms with Crippen LogP contribution in [0.3, 0.4) is 0 Å². The van der Waals surface area contributed by atoms with Crippen LogP contribution in [0.25, 0.3) is 16.9 Å². The number of halogens is 2. The summed E-state index contributed by atoms with van der Waals surface area (Å²) in [5.74, 6) is -2.55. The van der Waals surface area contributed by atoms with Crippen LogP contribution in [0.15, 0.2) is 29.4 Å². The third kappa shape index (κ3) is 3.77. The predicted molar refractivity (Wildman–Crippen MR) is 108 cm³/mol. The molecule has 0 saturated heterocycles. The highest BCUT2D eigenvalue weighted by Crippen LogP contribution is 2.35. The topological polar surface area (TPSA) is 137 Å². The number of pyridine rings is 2. The Kier molecular flexibility index (Phi) is 5.37. The van der Waals surface area contributed by atoms with Gasteiger partial charge in [0, 0.05) is 12.3 Å². The molecule has 0 radical (unpaired) electrons. The number of nitrogens with zero attached hydrogens (tertiary/aromatic N) is 3. The standard InChI is InChI=1S/C18H18ClFN4O5S/c1-18(2,3)30(27,28)13-7-24-11(9-4-10(19)17(21)23-16(9)20)6-22-14(24)5-12(13)29-8-15(25)26/h4-7H,8H2,1-3H3,(H2,21,23)(H,25,26). The first kappa shape index (κ1) is 21.8. The Balaban J connectivity index is 2.30. The van der Waals surface area contributed by atoms with Gasteiger partial charge in [-0.3, -0.25) is 4.40 Å². The average Bonchev–Trinajstić information content (AvgIpc) is 3.03. The molecule has 0 spiro atoms. The zero-order valence-corrected chi connectivity index (χ0v) is 17.8. The summed E-state index contributed by atoms with van der Waals surface area (Å²) in [7, 11) is -3.97. The number of nitrogen functional groups attached to an aromatic ring is 1. The third-order valence-corrected chi connectivity index (χ3v) is 7.06. The minimum atomic E-state index is -3.97. The van der Waals surface area contributed by atoms with E-state index in [9.17, 15) is 17.6 Å². The van der Waals surface area contributed by atoms with E-state index in [1.165, 1.54) is 49.7 Å². The molecule has 3 rings (SSSR count). The average molecular weight is 457 g/mol. The lowest BCUT2D eigenvalue weighted by molar-refractivity contribution is -0.139. The van der Waals surface area contributed by atoms with Gasteiger partial charge in [0.25, 0.3) is 0 Å². The molecule has 0 bridgehead atoms. The van der Waals surface area contributed by atoms with Gasteiger partial charge < -0.3 is 15.6 Å². The van der Waals surface area contributed by atoms with Crippen molar-refractivity contribution in [1.29, 1.82) is 0 Å². The summed E-state index contributed by atoms with van der Waals surface area (Å²) < 4.78 is 46.0. The first-order valence-electron chi connectivity index (χ1n) is 8.55. The Morgan fingerprint density at radius 2 is 2.03 bits per heavy atom. The largest absolute Gasteiger partial charge is 0.480 e. The number of sulfone groups is 1. The van der Waals surface area contributed by atoms with Crippen LogP contribution in [-0.2, 0) is 14.6 Å². The van der Waals surface area contributed by atoms with Crippen LogP contribution >= 0.6 is 11.6 Å². The fourth-order valence-electron chi connectivity index (χ4n) is 2.63. The lowest BCUT2D eigenvalue weighted by Crippen LogP contribution is -2.29. The van der Waals surface area contributed by atoms with Crippen molar-refractivity contribution < 1.29 is 27.4 Å². The SMILES string of the molecule is CC(C)(C)S(=O)(=O)c1cn2c(-c3cc(Cl)c(N)nc3F)cnc2cc1OCC(=O)O. The van der Waals surface area contributed by atoms with Gasteiger partial charge >= 0.3 is 5.97 Å². The molecule has 9 nitrogen and oxygen atoms in total. The molecule has 0 aliphatic heterocycles. The molecular formula is C18H18ClFN4O5S. The molecule has 0 aliphatic carbocycles. The minimum absolute atomic E-state index is 0.0188. The maximum atomic E-state index is 14.4. The molecule has 12 heteroatoms. The van der Waals surface area contributed by atoms with Crippen LogP contribution < -0.4 is 10.5 Å². The van der Waals surface area contributed by atoms with Gasteiger partial charge in [-0.15, -0.1) is 0 Å². The van der Waals surface area contributed by atoms with Crippen LogP contribution in [0.2, 0.25) is 5.02 Å². The van der Waals surface area contributed by atoms with Gasteiger partial charge in [-0.1, -0.05) is 11.6 Å². The molecule has 0 atom stereocenters. The molecule has 0 unspecified atom stereocenters. The quantitative estimate of drug-likeness (QED) is 0.559. The monoisotopic (exact) mass is 456 g/mol. The second-order valence-corrected chi connectivity index (χ2v) is 10.4. The molecule has 0 saturated carbocycles. The Labute approximate surface area is 176 Å². The second-order valence-electron chi connectivity index (χ2n) is 7.37. The van der Waals surface area contributed by atoms with E-state index < -0.39 is 33.1 Å². The molecule has 0 aromatic carbocycles. The number of rotatable bonds is 5. The van der Waals surface area contributed by atoms with E-state index in [4.69, 9.17) is 27.2 Å². The van der Waals surface area contributed by atoms with Gasteiger partial charge in [-0.05, 0) is 26.8 Å². The van der Waals surface area contributed by atoms with Gasteiger partial charge in [-0.2, -0.15) is 4.39 Å². The van der Waals surface area contributed by atoms with Crippen molar-refractivity contribution >= 4 is 38.9 Å². The number of fused-ring (bicyclic) bond motifs is 1. The normalized spacial score (nSPS) is 12.3. The summed E-state index contributed by atoms with van der Waals surface area (Å²) in [4.78, 5) is 18.3. The Morgan fingerprint density at radius 3 is 2.63 bits per heavy atom. The molecule has 30 heavy (non-hydrogen) atoms. The summed E-state index contributed by atoms with van der Waals surface area (Å²) >= 11 is 5.96. The van der Waals surface area contributed by atoms with E-state index in [1.807, 2.05) is 0 Å². The molecule has 3 heterocycles. The molecule has 3 aromatic rings. The zero-order valence-electron chi connectivity index (χ0n) is 16.2. The Morgan fingerprint density at radius 1 is 1.37 bits per heavy atom. The second kappa shape index (κ2) is 7.40. The number of carboxylic acids is 1. The van der Waals surface area contributed by atoms with Gasteiger partial charge in [0.2, 0.25) is 5.95 Å². The zero-order chi connectivity index (χ0) is 22.4. The van der Waals surface area contributed by atoms with Crippen molar-refractivity contribution in [3.63, 3.8) is 0 Å². The van der Waals surface area contributed by atoms with Crippen LogP contribution in [0.4, 0.5) is 10.2 Å². The molecule has 3 aromatic heterocycles. The lowest BCUT2D eigenvalue weighted by atomic mass is 10.2. The Hall–Kier alpha value is -2.92. The van der Waals surface area contributed by atoms with E-state index in [-0.39, 0.29) is 38.4 Å². The predicted octanol–water partition coefficient (Wildman–Crippen LogP) is 2.81. The summed E-state index contributed by atoms with van der Waals surface area (Å²) in [5.41, 5.74) is 5.84. The number of anilines is 1. The first-order chi connectivity index (χ1) is 13.8. The number of carboxylic acid groups (broad SMARTS) is 1. The Bertz CT molecular complexity index is 1270. The van der Waals surface area contributed by atoms with Crippen molar-refractivity contribution in [3.05, 3.63) is 35.5 Å². The van der Waals surface area contributed by atoms with Crippen molar-refractivity contribution in [2.24, 2.45) is 0 Å². The van der Waals surface area contributed by atoms with E-state index >= 15 is 0 Å². The van der Waals surface area contributed by atoms with Gasteiger partial charge in [0.1, 0.15) is 22.1 Å². The van der Waals surface area contributed by atoms with Gasteiger partial charge in [-0.25, -0.2) is 23.2 Å². The van der Waals surface area contributed by atoms with Crippen molar-refractivity contribution in [2.45, 2.75) is 30.4 Å². The van der Waals surface area contributed by atoms with Crippen molar-refractivity contribution in [1.82, 2.24) is 14.4 Å². The van der Waals surface area contributed by atoms with Gasteiger partial charge in [0.05, 0.1) is 27.2 Å². The minimum Gasteiger partial charge on any atom is -0.480 e. The summed E-state index contributed by atoms with van der Waals surface area (Å²) in [6.45, 7) is 3.73. The van der Waals surface area contributed by atoms with Crippen molar-refractivity contribution in [3.8, 4) is 17.0 Å². The van der Waals surface area contributed by atoms with E-state index in [1.54, 1.807) is 0 Å². The van der Waals surface area contributed by atoms with Crippen LogP contribution in [0.1, 0.15) is 20.8 Å². The smallest absolute Gasteiger partial charge is 0.341 e. The van der Waals surface area contributed by atoms with Gasteiger partial charge in [0.15, 0.2) is 16.4 Å². The number of aromatic nitrogens is 3. The molecular weight excluding hydrogens is 439 g/mol.